The maximum absolute atomic E-state index is 12.1. The molecule has 0 saturated carbocycles. The number of ketones is 1. The molecule has 0 bridgehead atoms. The standard InChI is InChI=1S/C17H23NO3/c1-12(19)14-6-5-13-7-9-18(10-8-15(13)11-14)16(20)21-17(2,3)4/h5-6,11H,7-10H2,1-4H3. The Labute approximate surface area is 126 Å². The van der Waals surface area contributed by atoms with Crippen LogP contribution in [0.1, 0.15) is 49.2 Å². The van der Waals surface area contributed by atoms with Gasteiger partial charge in [0.1, 0.15) is 5.60 Å². The van der Waals surface area contributed by atoms with Crippen molar-refractivity contribution in [2.24, 2.45) is 0 Å². The summed E-state index contributed by atoms with van der Waals surface area (Å²) in [4.78, 5) is 25.4. The van der Waals surface area contributed by atoms with Gasteiger partial charge >= 0.3 is 6.09 Å². The van der Waals surface area contributed by atoms with Crippen molar-refractivity contribution in [1.82, 2.24) is 4.90 Å². The molecule has 1 aromatic carbocycles. The number of hydrogen-bond donors (Lipinski definition) is 0. The highest BCUT2D eigenvalue weighted by atomic mass is 16.6. The first-order chi connectivity index (χ1) is 9.76. The average molecular weight is 289 g/mol. The third-order valence-electron chi connectivity index (χ3n) is 3.57. The SMILES string of the molecule is CC(=O)c1ccc2c(c1)CCN(C(=O)OC(C)(C)C)CC2. The second-order valence-corrected chi connectivity index (χ2v) is 6.51. The fourth-order valence-corrected chi connectivity index (χ4v) is 2.45. The van der Waals surface area contributed by atoms with Gasteiger partial charge in [0.25, 0.3) is 0 Å². The second-order valence-electron chi connectivity index (χ2n) is 6.51. The van der Waals surface area contributed by atoms with Gasteiger partial charge < -0.3 is 9.64 Å². The topological polar surface area (TPSA) is 46.6 Å². The minimum Gasteiger partial charge on any atom is -0.444 e. The third-order valence-corrected chi connectivity index (χ3v) is 3.57. The van der Waals surface area contributed by atoms with Gasteiger partial charge in [-0.25, -0.2) is 4.79 Å². The van der Waals surface area contributed by atoms with E-state index < -0.39 is 5.60 Å². The fraction of sp³-hybridized carbons (Fsp3) is 0.529. The smallest absolute Gasteiger partial charge is 0.410 e. The molecule has 2 rings (SSSR count). The molecule has 0 unspecified atom stereocenters. The molecule has 1 aliphatic rings. The zero-order chi connectivity index (χ0) is 15.6. The lowest BCUT2D eigenvalue weighted by atomic mass is 9.99. The minimum atomic E-state index is -0.474. The Morgan fingerprint density at radius 3 is 2.29 bits per heavy atom. The van der Waals surface area contributed by atoms with Gasteiger partial charge in [0.15, 0.2) is 5.78 Å². The molecule has 1 aliphatic heterocycles. The van der Waals surface area contributed by atoms with Crippen LogP contribution in [0.15, 0.2) is 18.2 Å². The predicted octanol–water partition coefficient (Wildman–Crippen LogP) is 3.22. The molecule has 0 spiro atoms. The van der Waals surface area contributed by atoms with Crippen molar-refractivity contribution in [2.45, 2.75) is 46.1 Å². The van der Waals surface area contributed by atoms with E-state index in [-0.39, 0.29) is 11.9 Å². The van der Waals surface area contributed by atoms with E-state index in [1.807, 2.05) is 39.0 Å². The molecule has 0 aliphatic carbocycles. The number of nitrogens with zero attached hydrogens (tertiary/aromatic N) is 1. The lowest BCUT2D eigenvalue weighted by Gasteiger charge is -2.26. The molecular weight excluding hydrogens is 266 g/mol. The Kier molecular flexibility index (Phi) is 4.35. The number of fused-ring (bicyclic) bond motifs is 1. The number of ether oxygens (including phenoxy) is 1. The van der Waals surface area contributed by atoms with Gasteiger partial charge in [0.2, 0.25) is 0 Å². The Morgan fingerprint density at radius 1 is 1.10 bits per heavy atom. The van der Waals surface area contributed by atoms with Crippen LogP contribution in [0.5, 0.6) is 0 Å². The first kappa shape index (κ1) is 15.5. The van der Waals surface area contributed by atoms with E-state index in [9.17, 15) is 9.59 Å². The molecule has 4 nitrogen and oxygen atoms in total. The average Bonchev–Trinajstić information content (AvgIpc) is 2.58. The van der Waals surface area contributed by atoms with E-state index in [0.29, 0.717) is 13.1 Å². The van der Waals surface area contributed by atoms with Gasteiger partial charge in [-0.05, 0) is 57.7 Å². The first-order valence-corrected chi connectivity index (χ1v) is 7.37. The van der Waals surface area contributed by atoms with Gasteiger partial charge in [-0.1, -0.05) is 12.1 Å². The summed E-state index contributed by atoms with van der Waals surface area (Å²) in [7, 11) is 0. The zero-order valence-corrected chi connectivity index (χ0v) is 13.2. The van der Waals surface area contributed by atoms with Crippen molar-refractivity contribution >= 4 is 11.9 Å². The van der Waals surface area contributed by atoms with Crippen molar-refractivity contribution in [2.75, 3.05) is 13.1 Å². The molecular formula is C17H23NO3. The molecule has 1 heterocycles. The molecule has 114 valence electrons. The minimum absolute atomic E-state index is 0.0750. The second kappa shape index (κ2) is 5.88. The van der Waals surface area contributed by atoms with Gasteiger partial charge in [-0.3, -0.25) is 4.79 Å². The van der Waals surface area contributed by atoms with Crippen molar-refractivity contribution in [3.05, 3.63) is 34.9 Å². The molecule has 0 fully saturated rings. The molecule has 4 heteroatoms. The molecule has 0 saturated heterocycles. The van der Waals surface area contributed by atoms with Crippen molar-refractivity contribution in [1.29, 1.82) is 0 Å². The van der Waals surface area contributed by atoms with E-state index in [4.69, 9.17) is 4.74 Å². The van der Waals surface area contributed by atoms with Gasteiger partial charge in [0, 0.05) is 18.7 Å². The first-order valence-electron chi connectivity index (χ1n) is 7.37. The van der Waals surface area contributed by atoms with Crippen LogP contribution in [0.25, 0.3) is 0 Å². The number of Topliss-reactive ketones (excluding diaryl/α,β-unsaturated/α-hetero) is 1. The molecule has 0 N–H and O–H groups in total. The Bertz CT molecular complexity index is 558. The normalized spacial score (nSPS) is 15.1. The summed E-state index contributed by atoms with van der Waals surface area (Å²) in [6.45, 7) is 8.47. The molecule has 0 atom stereocenters. The summed E-state index contributed by atoms with van der Waals surface area (Å²) in [5, 5.41) is 0. The van der Waals surface area contributed by atoms with Crippen LogP contribution in [0, 0.1) is 0 Å². The van der Waals surface area contributed by atoms with E-state index in [2.05, 4.69) is 0 Å². The van der Waals surface area contributed by atoms with Crippen LogP contribution in [-0.2, 0) is 17.6 Å². The summed E-state index contributed by atoms with van der Waals surface area (Å²) < 4.78 is 5.43. The molecule has 21 heavy (non-hydrogen) atoms. The van der Waals surface area contributed by atoms with Crippen molar-refractivity contribution < 1.29 is 14.3 Å². The molecule has 0 aromatic heterocycles. The van der Waals surface area contributed by atoms with Crippen LogP contribution in [-0.4, -0.2) is 35.5 Å². The molecule has 0 radical (unpaired) electrons. The maximum atomic E-state index is 12.1. The number of carbonyl (C=O) groups excluding carboxylic acids is 2. The molecule has 1 aromatic rings. The fourth-order valence-electron chi connectivity index (χ4n) is 2.45. The summed E-state index contributed by atoms with van der Waals surface area (Å²) in [5.41, 5.74) is 2.64. The zero-order valence-electron chi connectivity index (χ0n) is 13.2. The van der Waals surface area contributed by atoms with E-state index in [0.717, 1.165) is 24.0 Å². The van der Waals surface area contributed by atoms with Gasteiger partial charge in [-0.15, -0.1) is 0 Å². The van der Waals surface area contributed by atoms with Gasteiger partial charge in [0.05, 0.1) is 0 Å². The summed E-state index contributed by atoms with van der Waals surface area (Å²) >= 11 is 0. The van der Waals surface area contributed by atoms with Crippen LogP contribution in [0.4, 0.5) is 4.79 Å². The Hall–Kier alpha value is -1.84. The number of amides is 1. The number of benzene rings is 1. The van der Waals surface area contributed by atoms with Crippen LogP contribution < -0.4 is 0 Å². The number of rotatable bonds is 1. The summed E-state index contributed by atoms with van der Waals surface area (Å²) in [6, 6.07) is 5.82. The van der Waals surface area contributed by atoms with E-state index >= 15 is 0 Å². The predicted molar refractivity (Wildman–Crippen MR) is 81.7 cm³/mol. The van der Waals surface area contributed by atoms with Crippen molar-refractivity contribution in [3.8, 4) is 0 Å². The Balaban J connectivity index is 2.10. The van der Waals surface area contributed by atoms with Crippen molar-refractivity contribution in [3.63, 3.8) is 0 Å². The van der Waals surface area contributed by atoms with Crippen LogP contribution in [0.3, 0.4) is 0 Å². The Morgan fingerprint density at radius 2 is 1.71 bits per heavy atom. The van der Waals surface area contributed by atoms with Crippen LogP contribution >= 0.6 is 0 Å². The highest BCUT2D eigenvalue weighted by Gasteiger charge is 2.24. The number of carbonyl (C=O) groups is 2. The van der Waals surface area contributed by atoms with E-state index in [1.54, 1.807) is 11.8 Å². The van der Waals surface area contributed by atoms with Gasteiger partial charge in [-0.2, -0.15) is 0 Å². The molecule has 1 amide bonds. The number of hydrogen-bond acceptors (Lipinski definition) is 3. The van der Waals surface area contributed by atoms with Crippen LogP contribution in [0.2, 0.25) is 0 Å². The summed E-state index contributed by atoms with van der Waals surface area (Å²) in [5.74, 6) is 0.0750. The lowest BCUT2D eigenvalue weighted by molar-refractivity contribution is 0.0258. The maximum Gasteiger partial charge on any atom is 0.410 e. The summed E-state index contributed by atoms with van der Waals surface area (Å²) in [6.07, 6.45) is 1.30. The van der Waals surface area contributed by atoms with E-state index in [1.165, 1.54) is 5.56 Å². The lowest BCUT2D eigenvalue weighted by Crippen LogP contribution is -2.38. The third kappa shape index (κ3) is 4.06. The monoisotopic (exact) mass is 289 g/mol. The largest absolute Gasteiger partial charge is 0.444 e. The quantitative estimate of drug-likeness (QED) is 0.746. The highest BCUT2D eigenvalue weighted by molar-refractivity contribution is 5.94. The highest BCUT2D eigenvalue weighted by Crippen LogP contribution is 2.19.